The zero-order valence-corrected chi connectivity index (χ0v) is 10.3. The average molecular weight is 252 g/mol. The van der Waals surface area contributed by atoms with Crippen LogP contribution >= 0.6 is 0 Å². The lowest BCUT2D eigenvalue weighted by atomic mass is 10.00. The minimum Gasteiger partial charge on any atom is -0.279 e. The molecule has 2 aromatic carbocycles. The molecule has 3 aromatic rings. The van der Waals surface area contributed by atoms with Gasteiger partial charge in [0.1, 0.15) is 0 Å². The summed E-state index contributed by atoms with van der Waals surface area (Å²) in [6, 6.07) is 13.8. The first kappa shape index (κ1) is 11.4. The molecule has 0 aliphatic heterocycles. The van der Waals surface area contributed by atoms with Crippen LogP contribution in [0, 0.1) is 0 Å². The second kappa shape index (κ2) is 4.53. The van der Waals surface area contributed by atoms with Gasteiger partial charge in [-0.1, -0.05) is 42.5 Å². The largest absolute Gasteiger partial charge is 0.279 e. The smallest absolute Gasteiger partial charge is 0.274 e. The number of aromatic amines is 2. The van der Waals surface area contributed by atoms with E-state index in [1.807, 2.05) is 42.5 Å². The fraction of sp³-hybridized carbons (Fsp3) is 0.0714. The Morgan fingerprint density at radius 1 is 1.00 bits per heavy atom. The summed E-state index contributed by atoms with van der Waals surface area (Å²) in [5, 5.41) is 15.1. The summed E-state index contributed by atoms with van der Waals surface area (Å²) in [5.74, 6) is 0.448. The normalized spacial score (nSPS) is 11.4. The van der Waals surface area contributed by atoms with Gasteiger partial charge in [0.05, 0.1) is 5.56 Å². The lowest BCUT2D eigenvalue weighted by Gasteiger charge is -2.04. The SMILES string of the molecule is C/N=N/c1[nH][nH]c(=O)c1-c1cccc2ccccc12. The van der Waals surface area contributed by atoms with Gasteiger partial charge in [0.2, 0.25) is 0 Å². The van der Waals surface area contributed by atoms with Gasteiger partial charge in [-0.15, -0.1) is 5.11 Å². The molecule has 0 atom stereocenters. The van der Waals surface area contributed by atoms with E-state index in [1.54, 1.807) is 7.05 Å². The molecule has 5 heteroatoms. The van der Waals surface area contributed by atoms with Gasteiger partial charge in [-0.3, -0.25) is 15.0 Å². The van der Waals surface area contributed by atoms with E-state index in [9.17, 15) is 4.79 Å². The third kappa shape index (κ3) is 1.85. The van der Waals surface area contributed by atoms with Gasteiger partial charge < -0.3 is 0 Å². The number of fused-ring (bicyclic) bond motifs is 1. The summed E-state index contributed by atoms with van der Waals surface area (Å²) in [6.45, 7) is 0. The number of rotatable bonds is 2. The Balaban J connectivity index is 2.37. The van der Waals surface area contributed by atoms with Gasteiger partial charge in [-0.2, -0.15) is 5.11 Å². The molecule has 0 radical (unpaired) electrons. The number of hydrogen-bond donors (Lipinski definition) is 2. The number of azo groups is 1. The minimum atomic E-state index is -0.196. The highest BCUT2D eigenvalue weighted by molar-refractivity contribution is 5.98. The highest BCUT2D eigenvalue weighted by Crippen LogP contribution is 2.31. The van der Waals surface area contributed by atoms with Crippen LogP contribution in [0.2, 0.25) is 0 Å². The van der Waals surface area contributed by atoms with E-state index < -0.39 is 0 Å². The van der Waals surface area contributed by atoms with Crippen LogP contribution in [0.3, 0.4) is 0 Å². The van der Waals surface area contributed by atoms with Crippen LogP contribution in [-0.2, 0) is 0 Å². The van der Waals surface area contributed by atoms with Crippen LogP contribution < -0.4 is 5.56 Å². The van der Waals surface area contributed by atoms with Gasteiger partial charge >= 0.3 is 0 Å². The molecule has 1 aromatic heterocycles. The van der Waals surface area contributed by atoms with Crippen LogP contribution in [0.4, 0.5) is 5.82 Å². The Labute approximate surface area is 109 Å². The zero-order valence-electron chi connectivity index (χ0n) is 10.3. The first-order valence-corrected chi connectivity index (χ1v) is 5.90. The maximum atomic E-state index is 12.0. The first-order valence-electron chi connectivity index (χ1n) is 5.90. The Morgan fingerprint density at radius 2 is 1.79 bits per heavy atom. The van der Waals surface area contributed by atoms with Gasteiger partial charge in [0, 0.05) is 7.05 Å². The van der Waals surface area contributed by atoms with Crippen LogP contribution in [0.15, 0.2) is 57.5 Å². The second-order valence-corrected chi connectivity index (χ2v) is 4.13. The molecule has 5 nitrogen and oxygen atoms in total. The van der Waals surface area contributed by atoms with Crippen molar-refractivity contribution in [3.63, 3.8) is 0 Å². The molecule has 19 heavy (non-hydrogen) atoms. The molecule has 0 spiro atoms. The number of hydrogen-bond acceptors (Lipinski definition) is 3. The highest BCUT2D eigenvalue weighted by Gasteiger charge is 2.14. The van der Waals surface area contributed by atoms with Crippen molar-refractivity contribution in [1.82, 2.24) is 10.2 Å². The topological polar surface area (TPSA) is 73.4 Å². The Kier molecular flexibility index (Phi) is 2.72. The molecule has 94 valence electrons. The van der Waals surface area contributed by atoms with E-state index in [2.05, 4.69) is 20.4 Å². The highest BCUT2D eigenvalue weighted by atomic mass is 16.1. The molecule has 0 fully saturated rings. The third-order valence-electron chi connectivity index (χ3n) is 3.02. The summed E-state index contributed by atoms with van der Waals surface area (Å²) in [5.41, 5.74) is 1.17. The fourth-order valence-corrected chi connectivity index (χ4v) is 2.22. The van der Waals surface area contributed by atoms with Gasteiger partial charge in [-0.25, -0.2) is 0 Å². The number of aromatic nitrogens is 2. The van der Waals surface area contributed by atoms with Crippen LogP contribution in [0.5, 0.6) is 0 Å². The molecule has 0 aliphatic rings. The van der Waals surface area contributed by atoms with E-state index in [4.69, 9.17) is 0 Å². The van der Waals surface area contributed by atoms with E-state index in [0.717, 1.165) is 16.3 Å². The maximum Gasteiger partial charge on any atom is 0.274 e. The van der Waals surface area contributed by atoms with E-state index in [0.29, 0.717) is 11.4 Å². The lowest BCUT2D eigenvalue weighted by molar-refractivity contribution is 1.02. The zero-order chi connectivity index (χ0) is 13.2. The number of H-pyrrole nitrogens is 2. The van der Waals surface area contributed by atoms with Crippen LogP contribution in [-0.4, -0.2) is 17.2 Å². The van der Waals surface area contributed by atoms with Crippen LogP contribution in [0.1, 0.15) is 0 Å². The van der Waals surface area contributed by atoms with Gasteiger partial charge in [0.15, 0.2) is 5.82 Å². The summed E-state index contributed by atoms with van der Waals surface area (Å²) < 4.78 is 0. The molecule has 1 heterocycles. The fourth-order valence-electron chi connectivity index (χ4n) is 2.22. The van der Waals surface area contributed by atoms with Crippen molar-refractivity contribution >= 4 is 16.6 Å². The van der Waals surface area contributed by atoms with Crippen molar-refractivity contribution in [2.24, 2.45) is 10.2 Å². The van der Waals surface area contributed by atoms with Crippen molar-refractivity contribution in [1.29, 1.82) is 0 Å². The van der Waals surface area contributed by atoms with Crippen molar-refractivity contribution in [2.45, 2.75) is 0 Å². The molecule has 0 saturated heterocycles. The molecule has 2 N–H and O–H groups in total. The second-order valence-electron chi connectivity index (χ2n) is 4.13. The molecule has 0 aliphatic carbocycles. The van der Waals surface area contributed by atoms with E-state index >= 15 is 0 Å². The monoisotopic (exact) mass is 252 g/mol. The molecular weight excluding hydrogens is 240 g/mol. The van der Waals surface area contributed by atoms with E-state index in [1.165, 1.54) is 0 Å². The van der Waals surface area contributed by atoms with Crippen LogP contribution in [0.25, 0.3) is 21.9 Å². The van der Waals surface area contributed by atoms with Crippen molar-refractivity contribution in [3.05, 3.63) is 52.8 Å². The molecule has 0 amide bonds. The first-order chi connectivity index (χ1) is 9.31. The molecular formula is C14H12N4O. The summed E-state index contributed by atoms with van der Waals surface area (Å²) in [4.78, 5) is 12.0. The number of nitrogens with zero attached hydrogens (tertiary/aromatic N) is 2. The maximum absolute atomic E-state index is 12.0. The Hall–Kier alpha value is -2.69. The Morgan fingerprint density at radius 3 is 2.63 bits per heavy atom. The molecule has 0 unspecified atom stereocenters. The summed E-state index contributed by atoms with van der Waals surface area (Å²) in [6.07, 6.45) is 0. The summed E-state index contributed by atoms with van der Waals surface area (Å²) >= 11 is 0. The molecule has 3 rings (SSSR count). The van der Waals surface area contributed by atoms with Crippen molar-refractivity contribution in [3.8, 4) is 11.1 Å². The Bertz CT molecular complexity index is 808. The quantitative estimate of drug-likeness (QED) is 0.675. The summed E-state index contributed by atoms with van der Waals surface area (Å²) in [7, 11) is 1.57. The molecule has 0 bridgehead atoms. The third-order valence-corrected chi connectivity index (χ3v) is 3.02. The van der Waals surface area contributed by atoms with Crippen molar-refractivity contribution in [2.75, 3.05) is 7.05 Å². The van der Waals surface area contributed by atoms with Gasteiger partial charge in [0.25, 0.3) is 5.56 Å². The van der Waals surface area contributed by atoms with Crippen molar-refractivity contribution < 1.29 is 0 Å². The standard InChI is InChI=1S/C14H12N4O/c1-15-16-13-12(14(19)18-17-13)11-8-4-6-9-5-2-3-7-10(9)11/h2-8H,1H3,(H2,17,18,19)/b16-15+. The minimum absolute atomic E-state index is 0.196. The number of benzene rings is 2. The van der Waals surface area contributed by atoms with Gasteiger partial charge in [-0.05, 0) is 16.3 Å². The molecule has 0 saturated carbocycles. The van der Waals surface area contributed by atoms with E-state index in [-0.39, 0.29) is 5.56 Å². The lowest BCUT2D eigenvalue weighted by Crippen LogP contribution is -2.01. The number of nitrogens with one attached hydrogen (secondary N) is 2. The predicted octanol–water partition coefficient (Wildman–Crippen LogP) is 3.24. The predicted molar refractivity (Wildman–Crippen MR) is 74.8 cm³/mol. The average Bonchev–Trinajstić information content (AvgIpc) is 2.80.